The van der Waals surface area contributed by atoms with Crippen LogP contribution in [0.4, 0.5) is 0 Å². The van der Waals surface area contributed by atoms with E-state index in [9.17, 15) is 0 Å². The van der Waals surface area contributed by atoms with E-state index in [1.165, 1.54) is 65.7 Å². The fraction of sp³-hybridized carbons (Fsp3) is 0.316. The van der Waals surface area contributed by atoms with Crippen LogP contribution >= 0.6 is 0 Å². The lowest BCUT2D eigenvalue weighted by molar-refractivity contribution is 0.611. The fourth-order valence-electron chi connectivity index (χ4n) is 5.87. The van der Waals surface area contributed by atoms with Crippen molar-refractivity contribution in [2.45, 2.75) is 78.4 Å². The maximum absolute atomic E-state index is 3.73. The average Bonchev–Trinajstić information content (AvgIpc) is 2.96. The highest BCUT2D eigenvalue weighted by atomic mass is 28.2. The van der Waals surface area contributed by atoms with E-state index in [0.717, 1.165) is 30.1 Å². The van der Waals surface area contributed by atoms with Crippen LogP contribution in [0.3, 0.4) is 0 Å². The topological polar surface area (TPSA) is 0 Å². The van der Waals surface area contributed by atoms with Crippen LogP contribution in [-0.4, -0.2) is 28.6 Å². The third kappa shape index (κ3) is 5.63. The van der Waals surface area contributed by atoms with Gasteiger partial charge in [-0.2, -0.15) is 0 Å². The minimum Gasteiger partial charge on any atom is -0.135 e. The van der Waals surface area contributed by atoms with Crippen LogP contribution in [0.1, 0.15) is 68.9 Å². The first-order chi connectivity index (χ1) is 19.8. The number of hydrogen-bond donors (Lipinski definition) is 0. The molecule has 0 saturated heterocycles. The lowest BCUT2D eigenvalue weighted by Crippen LogP contribution is -2.26. The highest BCUT2D eigenvalue weighted by Gasteiger charge is 2.34. The van der Waals surface area contributed by atoms with Gasteiger partial charge in [0.2, 0.25) is 0 Å². The summed E-state index contributed by atoms with van der Waals surface area (Å²) in [6.45, 7) is 15.6. The summed E-state index contributed by atoms with van der Waals surface area (Å²) in [5.74, 6) is 11.0. The van der Waals surface area contributed by atoms with Crippen LogP contribution in [0, 0.1) is 48.2 Å². The van der Waals surface area contributed by atoms with Crippen LogP contribution in [0.2, 0.25) is 18.1 Å². The molecule has 0 spiro atoms. The van der Waals surface area contributed by atoms with E-state index in [1.807, 2.05) is 0 Å². The normalized spacial score (nSPS) is 16.1. The standard InChI is InChI=1S/C38H36Si3/c1-8-39-16-13-28-24-38(7,15-18-41-10-3)37-21-30-19-29-20-32-25(4)11-12-26(5)33(32)22-35(29)31(14-17-40-9-2)36(30)23-34(37)27(28)6/h11-12,19-23H,8-10,24H2,1-7H3. The molecule has 1 aliphatic rings. The number of hydrogen-bond acceptors (Lipinski definition) is 0. The zero-order valence-electron chi connectivity index (χ0n) is 25.4. The molecule has 0 aliphatic heterocycles. The van der Waals surface area contributed by atoms with Crippen molar-refractivity contribution in [1.29, 1.82) is 0 Å². The first-order valence-electron chi connectivity index (χ1n) is 14.7. The van der Waals surface area contributed by atoms with Gasteiger partial charge in [-0.05, 0) is 118 Å². The van der Waals surface area contributed by atoms with Gasteiger partial charge in [0.25, 0.3) is 0 Å². The van der Waals surface area contributed by atoms with E-state index in [0.29, 0.717) is 28.6 Å². The average molecular weight is 577 g/mol. The van der Waals surface area contributed by atoms with Crippen molar-refractivity contribution in [2.75, 3.05) is 0 Å². The van der Waals surface area contributed by atoms with Gasteiger partial charge >= 0.3 is 0 Å². The van der Waals surface area contributed by atoms with Crippen LogP contribution in [-0.2, 0) is 5.41 Å². The summed E-state index contributed by atoms with van der Waals surface area (Å²) in [4.78, 5) is 0. The van der Waals surface area contributed by atoms with Gasteiger partial charge in [-0.1, -0.05) is 68.8 Å². The second-order valence-corrected chi connectivity index (χ2v) is 15.1. The molecule has 0 amide bonds. The van der Waals surface area contributed by atoms with Gasteiger partial charge in [0.1, 0.15) is 28.6 Å². The van der Waals surface area contributed by atoms with Gasteiger partial charge < -0.3 is 0 Å². The minimum atomic E-state index is -0.258. The molecule has 0 nitrogen and oxygen atoms in total. The van der Waals surface area contributed by atoms with Crippen molar-refractivity contribution < 1.29 is 0 Å². The molecule has 3 heteroatoms. The second kappa shape index (κ2) is 12.3. The highest BCUT2D eigenvalue weighted by Crippen LogP contribution is 2.45. The molecule has 0 aromatic heterocycles. The van der Waals surface area contributed by atoms with Crippen molar-refractivity contribution in [3.63, 3.8) is 0 Å². The molecule has 6 radical (unpaired) electrons. The monoisotopic (exact) mass is 576 g/mol. The molecule has 4 aromatic rings. The zero-order chi connectivity index (χ0) is 29.1. The first kappa shape index (κ1) is 29.2. The van der Waals surface area contributed by atoms with Gasteiger partial charge in [-0.3, -0.25) is 0 Å². The third-order valence-corrected chi connectivity index (χ3v) is 10.1. The summed E-state index contributed by atoms with van der Waals surface area (Å²) < 4.78 is 0. The van der Waals surface area contributed by atoms with Crippen molar-refractivity contribution in [1.82, 2.24) is 0 Å². The molecule has 1 aliphatic carbocycles. The van der Waals surface area contributed by atoms with Gasteiger partial charge in [0, 0.05) is 17.6 Å². The summed E-state index contributed by atoms with van der Waals surface area (Å²) >= 11 is 0. The molecule has 1 unspecified atom stereocenters. The predicted molar refractivity (Wildman–Crippen MR) is 184 cm³/mol. The third-order valence-electron chi connectivity index (χ3n) is 8.18. The van der Waals surface area contributed by atoms with Gasteiger partial charge in [0.05, 0.1) is 5.41 Å². The number of rotatable bonds is 3. The molecule has 5 rings (SSSR count). The molecular formula is C38H36Si3. The van der Waals surface area contributed by atoms with E-state index in [1.54, 1.807) is 0 Å². The van der Waals surface area contributed by atoms with Crippen LogP contribution < -0.4 is 0 Å². The molecule has 0 bridgehead atoms. The molecule has 200 valence electrons. The summed E-state index contributed by atoms with van der Waals surface area (Å²) in [6, 6.07) is 19.8. The first-order valence-corrected chi connectivity index (χ1v) is 18.3. The zero-order valence-corrected chi connectivity index (χ0v) is 28.4. The Hall–Kier alpha value is -3.27. The lowest BCUT2D eigenvalue weighted by atomic mass is 9.69. The van der Waals surface area contributed by atoms with Crippen LogP contribution in [0.25, 0.3) is 37.9 Å². The molecule has 4 aromatic carbocycles. The Morgan fingerprint density at radius 2 is 1.27 bits per heavy atom. The summed E-state index contributed by atoms with van der Waals surface area (Å²) in [6.07, 6.45) is 0.876. The molecule has 0 fully saturated rings. The molecular weight excluding hydrogens is 541 g/mol. The number of fused-ring (bicyclic) bond motifs is 4. The smallest absolute Gasteiger partial charge is 0.135 e. The highest BCUT2D eigenvalue weighted by molar-refractivity contribution is 6.46. The van der Waals surface area contributed by atoms with Crippen LogP contribution in [0.15, 0.2) is 48.0 Å². The van der Waals surface area contributed by atoms with E-state index >= 15 is 0 Å². The van der Waals surface area contributed by atoms with Gasteiger partial charge in [0.15, 0.2) is 0 Å². The van der Waals surface area contributed by atoms with Crippen molar-refractivity contribution in [2.24, 2.45) is 0 Å². The predicted octanol–water partition coefficient (Wildman–Crippen LogP) is 8.86. The van der Waals surface area contributed by atoms with E-state index < -0.39 is 0 Å². The summed E-state index contributed by atoms with van der Waals surface area (Å²) in [5, 5.41) is 7.66. The SMILES string of the molecule is CC[Si]C#CC1=C(C)c2cc3c(C#C[Si]CC)c4cc5c(C)ccc(C)c5cc4cc3cc2C(C)(C#C[Si]CC)C1. The lowest BCUT2D eigenvalue weighted by Gasteiger charge is -2.33. The largest absolute Gasteiger partial charge is 0.148 e. The fourth-order valence-corrected chi connectivity index (χ4v) is 7.22. The Bertz CT molecular complexity index is 1910. The number of benzene rings is 4. The van der Waals surface area contributed by atoms with E-state index in [4.69, 9.17) is 0 Å². The Morgan fingerprint density at radius 3 is 1.95 bits per heavy atom. The molecule has 0 heterocycles. The second-order valence-electron chi connectivity index (χ2n) is 11.1. The van der Waals surface area contributed by atoms with Gasteiger partial charge in [-0.15, -0.1) is 16.6 Å². The minimum absolute atomic E-state index is 0.258. The van der Waals surface area contributed by atoms with Crippen molar-refractivity contribution in [3.05, 3.63) is 75.9 Å². The van der Waals surface area contributed by atoms with Gasteiger partial charge in [-0.25, -0.2) is 0 Å². The van der Waals surface area contributed by atoms with Crippen molar-refractivity contribution >= 4 is 66.4 Å². The quantitative estimate of drug-likeness (QED) is 0.130. The Morgan fingerprint density at radius 1 is 0.683 bits per heavy atom. The molecule has 1 atom stereocenters. The Kier molecular flexibility index (Phi) is 8.77. The van der Waals surface area contributed by atoms with Crippen LogP contribution in [0.5, 0.6) is 0 Å². The Balaban J connectivity index is 1.89. The number of allylic oxidation sites excluding steroid dienone is 2. The Labute approximate surface area is 254 Å². The summed E-state index contributed by atoms with van der Waals surface area (Å²) in [5.41, 5.74) is 19.2. The molecule has 41 heavy (non-hydrogen) atoms. The molecule has 0 saturated carbocycles. The number of aryl methyl sites for hydroxylation is 2. The van der Waals surface area contributed by atoms with E-state index in [-0.39, 0.29) is 5.41 Å². The molecule has 0 N–H and O–H groups in total. The maximum atomic E-state index is 3.73. The van der Waals surface area contributed by atoms with Crippen molar-refractivity contribution in [3.8, 4) is 34.4 Å². The summed E-state index contributed by atoms with van der Waals surface area (Å²) in [7, 11) is 1.99. The maximum Gasteiger partial charge on any atom is 0.148 e. The van der Waals surface area contributed by atoms with E-state index in [2.05, 4.69) is 125 Å².